The molecule has 1 aromatic heterocycles. The minimum Gasteiger partial charge on any atom is -0.207 e. The van der Waals surface area contributed by atoms with Crippen LogP contribution in [0.4, 0.5) is 4.39 Å². The van der Waals surface area contributed by atoms with Crippen molar-refractivity contribution in [3.05, 3.63) is 47.4 Å². The molecule has 0 atom stereocenters. The van der Waals surface area contributed by atoms with Gasteiger partial charge in [-0.3, -0.25) is 0 Å². The van der Waals surface area contributed by atoms with Gasteiger partial charge >= 0.3 is 0 Å². The Labute approximate surface area is 182 Å². The molecule has 0 bridgehead atoms. The molecule has 2 nitrogen and oxygen atoms in total. The van der Waals surface area contributed by atoms with Gasteiger partial charge in [0.05, 0.1) is 11.4 Å². The first-order valence-electron chi connectivity index (χ1n) is 12.3. The van der Waals surface area contributed by atoms with Crippen molar-refractivity contribution in [2.24, 2.45) is 11.8 Å². The Bertz CT molecular complexity index is 748. The van der Waals surface area contributed by atoms with Crippen molar-refractivity contribution >= 4 is 0 Å². The first-order chi connectivity index (χ1) is 14.7. The van der Waals surface area contributed by atoms with Crippen molar-refractivity contribution in [2.45, 2.75) is 97.3 Å². The van der Waals surface area contributed by atoms with E-state index in [0.717, 1.165) is 66.5 Å². The van der Waals surface area contributed by atoms with E-state index in [2.05, 4.69) is 30.1 Å². The average molecular weight is 411 g/mol. The standard InChI is InChI=1S/C27H39FN2/c1-3-5-7-9-23-15-16-24(20-26(23)28)27-19-18-25(29-30-27)17-14-22-12-10-21(11-13-22)8-6-4-2/h15-16,18-22H,3-14,17H2,1-2H3. The fourth-order valence-corrected chi connectivity index (χ4v) is 4.78. The Balaban J connectivity index is 1.48. The van der Waals surface area contributed by atoms with Crippen LogP contribution in [0, 0.1) is 17.7 Å². The predicted octanol–water partition coefficient (Wildman–Crippen LogP) is 7.94. The zero-order valence-corrected chi connectivity index (χ0v) is 19.0. The number of hydrogen-bond donors (Lipinski definition) is 0. The van der Waals surface area contributed by atoms with Gasteiger partial charge in [0.2, 0.25) is 0 Å². The molecule has 1 saturated carbocycles. The lowest BCUT2D eigenvalue weighted by atomic mass is 9.78. The monoisotopic (exact) mass is 410 g/mol. The summed E-state index contributed by atoms with van der Waals surface area (Å²) in [7, 11) is 0. The maximum Gasteiger partial charge on any atom is 0.127 e. The van der Waals surface area contributed by atoms with E-state index < -0.39 is 0 Å². The SMILES string of the molecule is CCCCCc1ccc(-c2ccc(CCC3CCC(CCCC)CC3)nn2)cc1F. The summed E-state index contributed by atoms with van der Waals surface area (Å²) in [6, 6.07) is 9.57. The Morgan fingerprint density at radius 1 is 0.800 bits per heavy atom. The molecule has 0 saturated heterocycles. The van der Waals surface area contributed by atoms with E-state index in [1.54, 1.807) is 6.07 Å². The molecule has 30 heavy (non-hydrogen) atoms. The topological polar surface area (TPSA) is 25.8 Å². The molecular weight excluding hydrogens is 371 g/mol. The van der Waals surface area contributed by atoms with Crippen LogP contribution in [0.15, 0.2) is 30.3 Å². The van der Waals surface area contributed by atoms with E-state index in [9.17, 15) is 4.39 Å². The van der Waals surface area contributed by atoms with Crippen LogP contribution in [-0.4, -0.2) is 10.2 Å². The van der Waals surface area contributed by atoms with Crippen LogP contribution in [0.5, 0.6) is 0 Å². The lowest BCUT2D eigenvalue weighted by Crippen LogP contribution is -2.15. The maximum atomic E-state index is 14.4. The summed E-state index contributed by atoms with van der Waals surface area (Å²) < 4.78 is 14.4. The quantitative estimate of drug-likeness (QED) is 0.351. The first kappa shape index (κ1) is 22.9. The third kappa shape index (κ3) is 6.89. The van der Waals surface area contributed by atoms with Gasteiger partial charge in [-0.05, 0) is 61.3 Å². The van der Waals surface area contributed by atoms with Crippen LogP contribution >= 0.6 is 0 Å². The maximum absolute atomic E-state index is 14.4. The van der Waals surface area contributed by atoms with Gasteiger partial charge < -0.3 is 0 Å². The second-order valence-corrected chi connectivity index (χ2v) is 9.24. The third-order valence-corrected chi connectivity index (χ3v) is 6.86. The number of nitrogens with zero attached hydrogens (tertiary/aromatic N) is 2. The Hall–Kier alpha value is -1.77. The summed E-state index contributed by atoms with van der Waals surface area (Å²) in [6.45, 7) is 4.46. The molecule has 0 amide bonds. The van der Waals surface area contributed by atoms with Crippen LogP contribution in [0.1, 0.15) is 95.7 Å². The third-order valence-electron chi connectivity index (χ3n) is 6.86. The Kier molecular flexibility index (Phi) is 9.29. The summed E-state index contributed by atoms with van der Waals surface area (Å²) >= 11 is 0. The Morgan fingerprint density at radius 3 is 2.17 bits per heavy atom. The fourth-order valence-electron chi connectivity index (χ4n) is 4.78. The smallest absolute Gasteiger partial charge is 0.127 e. The molecule has 1 aromatic carbocycles. The van der Waals surface area contributed by atoms with Crippen LogP contribution in [0.25, 0.3) is 11.3 Å². The normalized spacial score (nSPS) is 19.2. The highest BCUT2D eigenvalue weighted by molar-refractivity contribution is 5.59. The number of aryl methyl sites for hydroxylation is 2. The van der Waals surface area contributed by atoms with Gasteiger partial charge in [0, 0.05) is 5.56 Å². The van der Waals surface area contributed by atoms with Crippen LogP contribution in [0.2, 0.25) is 0 Å². The molecule has 2 aromatic rings. The van der Waals surface area contributed by atoms with Gasteiger partial charge in [-0.1, -0.05) is 83.8 Å². The number of hydrogen-bond acceptors (Lipinski definition) is 2. The van der Waals surface area contributed by atoms with E-state index in [1.165, 1.54) is 51.4 Å². The largest absolute Gasteiger partial charge is 0.207 e. The molecular formula is C27H39FN2. The molecule has 1 aliphatic rings. The molecule has 0 spiro atoms. The van der Waals surface area contributed by atoms with Gasteiger partial charge in [-0.2, -0.15) is 10.2 Å². The minimum atomic E-state index is -0.121. The van der Waals surface area contributed by atoms with Crippen molar-refractivity contribution in [3.63, 3.8) is 0 Å². The van der Waals surface area contributed by atoms with Crippen molar-refractivity contribution in [1.82, 2.24) is 10.2 Å². The minimum absolute atomic E-state index is 0.121. The number of aromatic nitrogens is 2. The summed E-state index contributed by atoms with van der Waals surface area (Å²) in [5.74, 6) is 1.70. The van der Waals surface area contributed by atoms with E-state index in [0.29, 0.717) is 0 Å². The molecule has 0 radical (unpaired) electrons. The van der Waals surface area contributed by atoms with Gasteiger partial charge in [0.1, 0.15) is 5.82 Å². The molecule has 3 rings (SSSR count). The molecule has 0 aliphatic heterocycles. The number of unbranched alkanes of at least 4 members (excludes halogenated alkanes) is 3. The summed E-state index contributed by atoms with van der Waals surface area (Å²) in [5, 5.41) is 8.82. The molecule has 3 heteroatoms. The zero-order valence-electron chi connectivity index (χ0n) is 19.0. The highest BCUT2D eigenvalue weighted by Gasteiger charge is 2.20. The average Bonchev–Trinajstić information content (AvgIpc) is 2.78. The molecule has 1 heterocycles. The number of benzene rings is 1. The highest BCUT2D eigenvalue weighted by atomic mass is 19.1. The number of rotatable bonds is 11. The van der Waals surface area contributed by atoms with Crippen molar-refractivity contribution in [1.29, 1.82) is 0 Å². The van der Waals surface area contributed by atoms with E-state index >= 15 is 0 Å². The summed E-state index contributed by atoms with van der Waals surface area (Å²) in [4.78, 5) is 0. The van der Waals surface area contributed by atoms with Gasteiger partial charge in [0.15, 0.2) is 0 Å². The Morgan fingerprint density at radius 2 is 1.53 bits per heavy atom. The van der Waals surface area contributed by atoms with Crippen molar-refractivity contribution in [3.8, 4) is 11.3 Å². The highest BCUT2D eigenvalue weighted by Crippen LogP contribution is 2.34. The lowest BCUT2D eigenvalue weighted by Gasteiger charge is -2.28. The molecule has 0 N–H and O–H groups in total. The fraction of sp³-hybridized carbons (Fsp3) is 0.630. The molecule has 0 unspecified atom stereocenters. The van der Waals surface area contributed by atoms with E-state index in [1.807, 2.05) is 18.2 Å². The van der Waals surface area contributed by atoms with Crippen molar-refractivity contribution < 1.29 is 4.39 Å². The number of halogens is 1. The van der Waals surface area contributed by atoms with Crippen LogP contribution < -0.4 is 0 Å². The molecule has 1 aliphatic carbocycles. The van der Waals surface area contributed by atoms with Crippen LogP contribution in [0.3, 0.4) is 0 Å². The van der Waals surface area contributed by atoms with Crippen LogP contribution in [-0.2, 0) is 12.8 Å². The van der Waals surface area contributed by atoms with E-state index in [4.69, 9.17) is 0 Å². The van der Waals surface area contributed by atoms with Gasteiger partial charge in [-0.15, -0.1) is 0 Å². The first-order valence-corrected chi connectivity index (χ1v) is 12.3. The van der Waals surface area contributed by atoms with Gasteiger partial charge in [0.25, 0.3) is 0 Å². The zero-order chi connectivity index (χ0) is 21.2. The second-order valence-electron chi connectivity index (χ2n) is 9.24. The second kappa shape index (κ2) is 12.2. The molecule has 164 valence electrons. The summed E-state index contributed by atoms with van der Waals surface area (Å²) in [5.41, 5.74) is 3.44. The van der Waals surface area contributed by atoms with Crippen molar-refractivity contribution in [2.75, 3.05) is 0 Å². The van der Waals surface area contributed by atoms with Gasteiger partial charge in [-0.25, -0.2) is 4.39 Å². The lowest BCUT2D eigenvalue weighted by molar-refractivity contribution is 0.249. The van der Waals surface area contributed by atoms with E-state index in [-0.39, 0.29) is 5.82 Å². The molecule has 1 fully saturated rings. The summed E-state index contributed by atoms with van der Waals surface area (Å²) in [6.07, 6.45) is 16.1. The predicted molar refractivity (Wildman–Crippen MR) is 124 cm³/mol.